The molecule has 0 spiro atoms. The van der Waals surface area contributed by atoms with E-state index in [0.717, 1.165) is 37.8 Å². The van der Waals surface area contributed by atoms with Crippen molar-refractivity contribution in [2.75, 3.05) is 0 Å². The van der Waals surface area contributed by atoms with Crippen LogP contribution in [0.1, 0.15) is 55.5 Å². The summed E-state index contributed by atoms with van der Waals surface area (Å²) in [4.78, 5) is 12.2. The Kier molecular flexibility index (Phi) is 5.58. The van der Waals surface area contributed by atoms with Gasteiger partial charge in [0.25, 0.3) is 0 Å². The third-order valence-corrected chi connectivity index (χ3v) is 3.12. The van der Waals surface area contributed by atoms with Gasteiger partial charge in [0.15, 0.2) is 5.78 Å². The van der Waals surface area contributed by atoms with E-state index in [1.54, 1.807) is 0 Å². The molecule has 4 heteroatoms. The molecule has 0 aliphatic carbocycles. The van der Waals surface area contributed by atoms with Gasteiger partial charge in [0.2, 0.25) is 0 Å². The average Bonchev–Trinajstić information content (AvgIpc) is 2.37. The molecule has 0 unspecified atom stereocenters. The molecule has 1 rings (SSSR count). The molecule has 0 amide bonds. The largest absolute Gasteiger partial charge is 0.416 e. The summed E-state index contributed by atoms with van der Waals surface area (Å²) in [6.07, 6.45) is -1.24. The van der Waals surface area contributed by atoms with E-state index >= 15 is 0 Å². The number of carbonyl (C=O) groups excluding carboxylic acids is 1. The Morgan fingerprint density at radius 3 is 2.21 bits per heavy atom. The van der Waals surface area contributed by atoms with Crippen LogP contribution in [0.15, 0.2) is 24.3 Å². The highest BCUT2D eigenvalue weighted by molar-refractivity contribution is 5.98. The van der Waals surface area contributed by atoms with Crippen LogP contribution in [0.5, 0.6) is 0 Å². The van der Waals surface area contributed by atoms with Gasteiger partial charge in [-0.25, -0.2) is 0 Å². The van der Waals surface area contributed by atoms with E-state index in [9.17, 15) is 18.0 Å². The van der Waals surface area contributed by atoms with Crippen molar-refractivity contribution in [1.82, 2.24) is 0 Å². The predicted octanol–water partition coefficient (Wildman–Crippen LogP) is 5.10. The van der Waals surface area contributed by atoms with Crippen LogP contribution in [0.3, 0.4) is 0 Å². The summed E-state index contributed by atoms with van der Waals surface area (Å²) in [5.41, 5.74) is -0.591. The molecule has 0 saturated heterocycles. The highest BCUT2D eigenvalue weighted by Crippen LogP contribution is 2.30. The highest BCUT2D eigenvalue weighted by Gasteiger charge is 2.31. The van der Waals surface area contributed by atoms with Gasteiger partial charge in [-0.3, -0.25) is 4.79 Å². The molecule has 106 valence electrons. The maximum absolute atomic E-state index is 12.6. The minimum Gasteiger partial charge on any atom is -0.294 e. The first kappa shape index (κ1) is 15.7. The number of benzene rings is 1. The van der Waals surface area contributed by atoms with Gasteiger partial charge in [0.1, 0.15) is 0 Å². The number of halogens is 3. The molecule has 1 aromatic carbocycles. The van der Waals surface area contributed by atoms with E-state index in [2.05, 4.69) is 0 Å². The molecular formula is C15H19F3O. The molecule has 0 aliphatic rings. The van der Waals surface area contributed by atoms with Crippen LogP contribution >= 0.6 is 0 Å². The summed E-state index contributed by atoms with van der Waals surface area (Å²) < 4.78 is 37.9. The van der Waals surface area contributed by atoms with Gasteiger partial charge in [-0.05, 0) is 25.0 Å². The summed E-state index contributed by atoms with van der Waals surface area (Å²) in [6.45, 7) is 3.95. The molecule has 0 radical (unpaired) electrons. The second-order valence-electron chi connectivity index (χ2n) is 4.72. The van der Waals surface area contributed by atoms with Crippen molar-refractivity contribution >= 4 is 5.78 Å². The Bertz CT molecular complexity index is 418. The van der Waals surface area contributed by atoms with Crippen LogP contribution in [0.2, 0.25) is 0 Å². The second-order valence-corrected chi connectivity index (χ2v) is 4.72. The van der Waals surface area contributed by atoms with Crippen molar-refractivity contribution in [2.45, 2.75) is 45.7 Å². The minimum absolute atomic E-state index is 0.168. The second kappa shape index (κ2) is 6.73. The van der Waals surface area contributed by atoms with E-state index in [4.69, 9.17) is 0 Å². The molecule has 0 bridgehead atoms. The molecule has 0 N–H and O–H groups in total. The first-order valence-electron chi connectivity index (χ1n) is 6.61. The average molecular weight is 272 g/mol. The zero-order valence-corrected chi connectivity index (χ0v) is 11.3. The Morgan fingerprint density at radius 2 is 1.74 bits per heavy atom. The van der Waals surface area contributed by atoms with Crippen molar-refractivity contribution in [1.29, 1.82) is 0 Å². The molecule has 0 saturated carbocycles. The number of alkyl halides is 3. The summed E-state index contributed by atoms with van der Waals surface area (Å²) in [5.74, 6) is -0.340. The Hall–Kier alpha value is -1.32. The molecule has 0 fully saturated rings. The van der Waals surface area contributed by atoms with Crippen LogP contribution in [-0.4, -0.2) is 5.78 Å². The lowest BCUT2D eigenvalue weighted by Crippen LogP contribution is -2.16. The highest BCUT2D eigenvalue weighted by atomic mass is 19.4. The van der Waals surface area contributed by atoms with Crippen LogP contribution in [-0.2, 0) is 6.18 Å². The van der Waals surface area contributed by atoms with Crippen molar-refractivity contribution in [3.8, 4) is 0 Å². The van der Waals surface area contributed by atoms with Crippen LogP contribution in [0.4, 0.5) is 13.2 Å². The number of rotatable bonds is 6. The fourth-order valence-corrected chi connectivity index (χ4v) is 2.19. The predicted molar refractivity (Wildman–Crippen MR) is 69.1 cm³/mol. The van der Waals surface area contributed by atoms with Gasteiger partial charge in [-0.2, -0.15) is 13.2 Å². The van der Waals surface area contributed by atoms with Crippen molar-refractivity contribution in [2.24, 2.45) is 5.92 Å². The summed E-state index contributed by atoms with van der Waals surface area (Å²) in [6, 6.07) is 4.72. The first-order valence-corrected chi connectivity index (χ1v) is 6.61. The lowest BCUT2D eigenvalue weighted by atomic mass is 9.89. The van der Waals surface area contributed by atoms with Crippen LogP contribution in [0.25, 0.3) is 0 Å². The summed E-state index contributed by atoms with van der Waals surface area (Å²) >= 11 is 0. The number of ketones is 1. The molecule has 0 aliphatic heterocycles. The number of hydrogen-bond acceptors (Lipinski definition) is 1. The zero-order chi connectivity index (χ0) is 14.5. The Labute approximate surface area is 111 Å². The minimum atomic E-state index is -4.40. The van der Waals surface area contributed by atoms with E-state index in [1.807, 2.05) is 13.8 Å². The first-order chi connectivity index (χ1) is 8.90. The number of carbonyl (C=O) groups is 1. The van der Waals surface area contributed by atoms with E-state index in [1.165, 1.54) is 12.1 Å². The molecule has 1 nitrogen and oxygen atoms in total. The van der Waals surface area contributed by atoms with Gasteiger partial charge < -0.3 is 0 Å². The smallest absolute Gasteiger partial charge is 0.294 e. The standard InChI is InChI=1S/C15H19F3O/c1-3-6-11(7-4-2)14(19)12-8-5-9-13(10-12)15(16,17)18/h5,8-11H,3-4,6-7H2,1-2H3. The number of hydrogen-bond donors (Lipinski definition) is 0. The summed E-state index contributed by atoms with van der Waals surface area (Å²) in [7, 11) is 0. The molecule has 19 heavy (non-hydrogen) atoms. The Balaban J connectivity index is 2.98. The van der Waals surface area contributed by atoms with Gasteiger partial charge in [0, 0.05) is 11.5 Å². The van der Waals surface area contributed by atoms with Crippen LogP contribution in [0, 0.1) is 5.92 Å². The normalized spacial score (nSPS) is 11.9. The van der Waals surface area contributed by atoms with Gasteiger partial charge in [-0.15, -0.1) is 0 Å². The Morgan fingerprint density at radius 1 is 1.16 bits per heavy atom. The number of Topliss-reactive ketones (excluding diaryl/α,β-unsaturated/α-hetero) is 1. The molecular weight excluding hydrogens is 253 g/mol. The monoisotopic (exact) mass is 272 g/mol. The van der Waals surface area contributed by atoms with E-state index in [0.29, 0.717) is 0 Å². The zero-order valence-electron chi connectivity index (χ0n) is 11.3. The maximum atomic E-state index is 12.6. The third-order valence-electron chi connectivity index (χ3n) is 3.12. The van der Waals surface area contributed by atoms with Gasteiger partial charge in [0.05, 0.1) is 5.56 Å². The fourth-order valence-electron chi connectivity index (χ4n) is 2.19. The maximum Gasteiger partial charge on any atom is 0.416 e. The fraction of sp³-hybridized carbons (Fsp3) is 0.533. The van der Waals surface area contributed by atoms with Crippen molar-refractivity contribution in [3.63, 3.8) is 0 Å². The quantitative estimate of drug-likeness (QED) is 0.658. The molecule has 0 atom stereocenters. The lowest BCUT2D eigenvalue weighted by Gasteiger charge is -2.15. The van der Waals surface area contributed by atoms with Crippen molar-refractivity contribution < 1.29 is 18.0 Å². The lowest BCUT2D eigenvalue weighted by molar-refractivity contribution is -0.137. The SMILES string of the molecule is CCCC(CCC)C(=O)c1cccc(C(F)(F)F)c1. The van der Waals surface area contributed by atoms with Gasteiger partial charge >= 0.3 is 6.18 Å². The summed E-state index contributed by atoms with van der Waals surface area (Å²) in [5, 5.41) is 0. The van der Waals surface area contributed by atoms with Gasteiger partial charge in [-0.1, -0.05) is 38.8 Å². The van der Waals surface area contributed by atoms with Crippen molar-refractivity contribution in [3.05, 3.63) is 35.4 Å². The third kappa shape index (κ3) is 4.37. The van der Waals surface area contributed by atoms with Crippen LogP contribution < -0.4 is 0 Å². The molecule has 1 aromatic rings. The topological polar surface area (TPSA) is 17.1 Å². The van der Waals surface area contributed by atoms with E-state index in [-0.39, 0.29) is 17.3 Å². The molecule has 0 heterocycles. The molecule has 0 aromatic heterocycles. The van der Waals surface area contributed by atoms with E-state index < -0.39 is 11.7 Å².